The Morgan fingerprint density at radius 2 is 1.90 bits per heavy atom. The molecule has 4 nitrogen and oxygen atoms in total. The van der Waals surface area contributed by atoms with Gasteiger partial charge in [-0.05, 0) is 38.0 Å². The number of nitrogens with two attached hydrogens (primary N) is 1. The van der Waals surface area contributed by atoms with Gasteiger partial charge in [-0.2, -0.15) is 5.06 Å². The Hall–Kier alpha value is -0.160. The van der Waals surface area contributed by atoms with Crippen LogP contribution >= 0.6 is 0 Å². The second kappa shape index (κ2) is 7.21. The van der Waals surface area contributed by atoms with E-state index in [1.165, 1.54) is 0 Å². The maximum absolute atomic E-state index is 9.53. The molecule has 0 aromatic heterocycles. The van der Waals surface area contributed by atoms with Crippen LogP contribution in [0.5, 0.6) is 0 Å². The van der Waals surface area contributed by atoms with E-state index in [2.05, 4.69) is 39.7 Å². The molecule has 1 fully saturated rings. The fourth-order valence-corrected chi connectivity index (χ4v) is 3.40. The molecule has 1 aliphatic heterocycles. The lowest BCUT2D eigenvalue weighted by Crippen LogP contribution is -2.45. The molecule has 0 bridgehead atoms. The van der Waals surface area contributed by atoms with Gasteiger partial charge in [0, 0.05) is 26.1 Å². The minimum Gasteiger partial charge on any atom is -0.396 e. The third-order valence-corrected chi connectivity index (χ3v) is 4.27. The Kier molecular flexibility index (Phi) is 6.45. The van der Waals surface area contributed by atoms with Crippen LogP contribution in [-0.4, -0.2) is 41.0 Å². The Morgan fingerprint density at radius 3 is 2.35 bits per heavy atom. The number of hydrogen-bond acceptors (Lipinski definition) is 4. The number of nitrogens with zero attached hydrogens (tertiary/aromatic N) is 1. The summed E-state index contributed by atoms with van der Waals surface area (Å²) in [5.41, 5.74) is 5.57. The minimum atomic E-state index is -0.291. The van der Waals surface area contributed by atoms with Crippen molar-refractivity contribution in [3.05, 3.63) is 0 Å². The zero-order chi connectivity index (χ0) is 15.4. The van der Waals surface area contributed by atoms with Crippen LogP contribution in [0.1, 0.15) is 60.3 Å². The third-order valence-electron chi connectivity index (χ3n) is 4.27. The normalized spacial score (nSPS) is 31.6. The molecule has 1 rings (SSSR count). The molecule has 120 valence electrons. The van der Waals surface area contributed by atoms with E-state index in [-0.39, 0.29) is 17.7 Å². The lowest BCUT2D eigenvalue weighted by Gasteiger charge is -2.37. The van der Waals surface area contributed by atoms with E-state index in [9.17, 15) is 5.11 Å². The van der Waals surface area contributed by atoms with Crippen LogP contribution in [0.2, 0.25) is 0 Å². The quantitative estimate of drug-likeness (QED) is 0.720. The number of hydrogen-bond donors (Lipinski definition) is 2. The molecule has 1 heterocycles. The van der Waals surface area contributed by atoms with Crippen molar-refractivity contribution in [3.63, 3.8) is 0 Å². The van der Waals surface area contributed by atoms with Crippen molar-refractivity contribution in [2.24, 2.45) is 17.6 Å². The van der Waals surface area contributed by atoms with Crippen molar-refractivity contribution in [2.75, 3.05) is 19.7 Å². The molecule has 0 spiro atoms. The average Bonchev–Trinajstić information content (AvgIpc) is 2.60. The summed E-state index contributed by atoms with van der Waals surface area (Å²) in [6.45, 7) is 12.7. The highest BCUT2D eigenvalue weighted by Gasteiger charge is 2.51. The standard InChI is InChI=1S/C16H34N2O2/c1-13(2)6-8-18-16(7-9-19,10-14(3)4)11-15(5,12-17)20-18/h13-14,19H,6-12,17H2,1-5H3/t15-,16-/m1/s1. The van der Waals surface area contributed by atoms with Gasteiger partial charge in [-0.15, -0.1) is 0 Å². The largest absolute Gasteiger partial charge is 0.396 e. The molecule has 0 aliphatic carbocycles. The van der Waals surface area contributed by atoms with Gasteiger partial charge in [0.15, 0.2) is 0 Å². The number of hydroxylamine groups is 2. The summed E-state index contributed by atoms with van der Waals surface area (Å²) in [5.74, 6) is 1.22. The third kappa shape index (κ3) is 4.42. The lowest BCUT2D eigenvalue weighted by molar-refractivity contribution is -0.221. The average molecular weight is 286 g/mol. The van der Waals surface area contributed by atoms with E-state index in [1.54, 1.807) is 0 Å². The van der Waals surface area contributed by atoms with Crippen LogP contribution in [0, 0.1) is 11.8 Å². The summed E-state index contributed by atoms with van der Waals surface area (Å²) in [6, 6.07) is 0. The molecular formula is C16H34N2O2. The van der Waals surface area contributed by atoms with Crippen molar-refractivity contribution < 1.29 is 9.94 Å². The topological polar surface area (TPSA) is 58.7 Å². The predicted octanol–water partition coefficient (Wildman–Crippen LogP) is 2.55. The smallest absolute Gasteiger partial charge is 0.101 e. The molecule has 1 aliphatic rings. The molecular weight excluding hydrogens is 252 g/mol. The van der Waals surface area contributed by atoms with E-state index >= 15 is 0 Å². The molecule has 20 heavy (non-hydrogen) atoms. The second-order valence-electron chi connectivity index (χ2n) is 7.50. The molecule has 0 radical (unpaired) electrons. The van der Waals surface area contributed by atoms with Crippen LogP contribution in [0.3, 0.4) is 0 Å². The molecule has 0 amide bonds. The Bertz CT molecular complexity index is 296. The van der Waals surface area contributed by atoms with Gasteiger partial charge in [0.1, 0.15) is 5.60 Å². The van der Waals surface area contributed by atoms with Crippen LogP contribution in [0.25, 0.3) is 0 Å². The summed E-state index contributed by atoms with van der Waals surface area (Å²) in [5, 5.41) is 11.7. The van der Waals surface area contributed by atoms with Crippen molar-refractivity contribution in [1.29, 1.82) is 0 Å². The molecule has 0 unspecified atom stereocenters. The van der Waals surface area contributed by atoms with Gasteiger partial charge in [-0.3, -0.25) is 4.84 Å². The summed E-state index contributed by atoms with van der Waals surface area (Å²) in [4.78, 5) is 6.22. The molecule has 3 N–H and O–H groups in total. The molecule has 2 atom stereocenters. The van der Waals surface area contributed by atoms with Gasteiger partial charge in [-0.1, -0.05) is 27.7 Å². The molecule has 0 aromatic rings. The summed E-state index contributed by atoms with van der Waals surface area (Å²) in [7, 11) is 0. The van der Waals surface area contributed by atoms with Gasteiger partial charge in [0.2, 0.25) is 0 Å². The highest BCUT2D eigenvalue weighted by Crippen LogP contribution is 2.44. The zero-order valence-corrected chi connectivity index (χ0v) is 14.0. The Balaban J connectivity index is 2.93. The molecule has 0 saturated carbocycles. The highest BCUT2D eigenvalue weighted by molar-refractivity contribution is 5.00. The van der Waals surface area contributed by atoms with Gasteiger partial charge >= 0.3 is 0 Å². The van der Waals surface area contributed by atoms with E-state index in [4.69, 9.17) is 10.6 Å². The van der Waals surface area contributed by atoms with Gasteiger partial charge in [-0.25, -0.2) is 0 Å². The fourth-order valence-electron chi connectivity index (χ4n) is 3.40. The van der Waals surface area contributed by atoms with E-state index in [1.807, 2.05) is 0 Å². The molecule has 0 aromatic carbocycles. The lowest BCUT2D eigenvalue weighted by atomic mass is 9.78. The van der Waals surface area contributed by atoms with Crippen LogP contribution < -0.4 is 5.73 Å². The van der Waals surface area contributed by atoms with Crippen LogP contribution in [-0.2, 0) is 4.84 Å². The Morgan fingerprint density at radius 1 is 1.25 bits per heavy atom. The zero-order valence-electron chi connectivity index (χ0n) is 14.0. The monoisotopic (exact) mass is 286 g/mol. The second-order valence-corrected chi connectivity index (χ2v) is 7.50. The van der Waals surface area contributed by atoms with E-state index in [0.29, 0.717) is 18.4 Å². The van der Waals surface area contributed by atoms with Crippen molar-refractivity contribution in [3.8, 4) is 0 Å². The first-order valence-corrected chi connectivity index (χ1v) is 8.04. The highest BCUT2D eigenvalue weighted by atomic mass is 16.7. The van der Waals surface area contributed by atoms with Crippen molar-refractivity contribution in [1.82, 2.24) is 5.06 Å². The first-order valence-electron chi connectivity index (χ1n) is 8.04. The number of aliphatic hydroxyl groups is 1. The maximum atomic E-state index is 9.53. The van der Waals surface area contributed by atoms with Crippen LogP contribution in [0.15, 0.2) is 0 Å². The predicted molar refractivity (Wildman–Crippen MR) is 83.2 cm³/mol. The first-order chi connectivity index (χ1) is 9.27. The molecule has 1 saturated heterocycles. The fraction of sp³-hybridized carbons (Fsp3) is 1.00. The maximum Gasteiger partial charge on any atom is 0.101 e. The Labute approximate surface area is 124 Å². The van der Waals surface area contributed by atoms with Crippen molar-refractivity contribution >= 4 is 0 Å². The van der Waals surface area contributed by atoms with Gasteiger partial charge < -0.3 is 10.8 Å². The SMILES string of the molecule is CC(C)CCN1O[C@@](C)(CN)C[C@@]1(CCO)CC(C)C. The molecule has 4 heteroatoms. The number of aliphatic hydroxyl groups excluding tert-OH is 1. The minimum absolute atomic E-state index is 0.0636. The van der Waals surface area contributed by atoms with Crippen LogP contribution in [0.4, 0.5) is 0 Å². The number of rotatable bonds is 8. The van der Waals surface area contributed by atoms with E-state index < -0.39 is 0 Å². The summed E-state index contributed by atoms with van der Waals surface area (Å²) in [6.07, 6.45) is 3.82. The van der Waals surface area contributed by atoms with Gasteiger partial charge in [0.25, 0.3) is 0 Å². The first kappa shape index (κ1) is 17.9. The van der Waals surface area contributed by atoms with Gasteiger partial charge in [0.05, 0.1) is 5.54 Å². The summed E-state index contributed by atoms with van der Waals surface area (Å²) < 4.78 is 0. The summed E-state index contributed by atoms with van der Waals surface area (Å²) >= 11 is 0. The van der Waals surface area contributed by atoms with Crippen molar-refractivity contribution in [2.45, 2.75) is 71.4 Å². The van der Waals surface area contributed by atoms with E-state index in [0.717, 1.165) is 32.2 Å².